The molecule has 1 rings (SSSR count). The van der Waals surface area contributed by atoms with Crippen LogP contribution in [0.15, 0.2) is 12.1 Å². The molecule has 164 valence electrons. The van der Waals surface area contributed by atoms with Crippen molar-refractivity contribution >= 4 is 14.2 Å². The van der Waals surface area contributed by atoms with Gasteiger partial charge in [-0.2, -0.15) is 0 Å². The van der Waals surface area contributed by atoms with Crippen molar-refractivity contribution in [3.63, 3.8) is 0 Å². The molecule has 0 aliphatic carbocycles. The van der Waals surface area contributed by atoms with Crippen LogP contribution in [0.4, 0.5) is 0 Å². The van der Waals surface area contributed by atoms with Gasteiger partial charge in [-0.05, 0) is 50.7 Å². The minimum atomic E-state index is -0.778. The van der Waals surface area contributed by atoms with Crippen molar-refractivity contribution in [2.24, 2.45) is 5.92 Å². The molecule has 1 unspecified atom stereocenters. The first-order chi connectivity index (χ1) is 13.8. The SMILES string of the molecule is CCCCCCCCCCCC(CC(C)C)(P=O)C(=O)c1c(C)cc(C)cc1C. The van der Waals surface area contributed by atoms with Gasteiger partial charge in [0.25, 0.3) is 0 Å². The van der Waals surface area contributed by atoms with Gasteiger partial charge < -0.3 is 0 Å². The van der Waals surface area contributed by atoms with Gasteiger partial charge in [0.1, 0.15) is 5.16 Å². The van der Waals surface area contributed by atoms with Gasteiger partial charge in [0.05, 0.1) is 0 Å². The van der Waals surface area contributed by atoms with Crippen LogP contribution < -0.4 is 0 Å². The molecule has 3 heteroatoms. The summed E-state index contributed by atoms with van der Waals surface area (Å²) in [5, 5.41) is -0.778. The Morgan fingerprint density at radius 1 is 0.897 bits per heavy atom. The molecule has 1 aromatic rings. The van der Waals surface area contributed by atoms with Crippen molar-refractivity contribution in [2.75, 3.05) is 0 Å². The van der Waals surface area contributed by atoms with Gasteiger partial charge in [-0.25, -0.2) is 0 Å². The molecule has 1 aromatic carbocycles. The summed E-state index contributed by atoms with van der Waals surface area (Å²) >= 11 is 0. The number of hydrogen-bond donors (Lipinski definition) is 0. The molecular weight excluding hydrogens is 375 g/mol. The fraction of sp³-hybridized carbons (Fsp3) is 0.731. The zero-order valence-electron chi connectivity index (χ0n) is 19.8. The highest BCUT2D eigenvalue weighted by atomic mass is 31.1. The van der Waals surface area contributed by atoms with E-state index in [4.69, 9.17) is 0 Å². The number of carbonyl (C=O) groups excluding carboxylic acids is 1. The monoisotopic (exact) mass is 418 g/mol. The van der Waals surface area contributed by atoms with Crippen LogP contribution >= 0.6 is 8.46 Å². The number of aryl methyl sites for hydroxylation is 3. The second kappa shape index (κ2) is 13.3. The van der Waals surface area contributed by atoms with Gasteiger partial charge in [-0.15, -0.1) is 0 Å². The van der Waals surface area contributed by atoms with Crippen LogP contribution in [0.5, 0.6) is 0 Å². The molecule has 29 heavy (non-hydrogen) atoms. The smallest absolute Gasteiger partial charge is 0.181 e. The van der Waals surface area contributed by atoms with Gasteiger partial charge in [-0.3, -0.25) is 9.36 Å². The van der Waals surface area contributed by atoms with Gasteiger partial charge in [0, 0.05) is 5.56 Å². The van der Waals surface area contributed by atoms with Crippen molar-refractivity contribution in [1.29, 1.82) is 0 Å². The second-order valence-electron chi connectivity index (χ2n) is 9.40. The normalized spacial score (nSPS) is 13.8. The van der Waals surface area contributed by atoms with Crippen molar-refractivity contribution in [3.8, 4) is 0 Å². The lowest BCUT2D eigenvalue weighted by atomic mass is 9.82. The Balaban J connectivity index is 2.79. The Morgan fingerprint density at radius 2 is 1.38 bits per heavy atom. The van der Waals surface area contributed by atoms with Crippen molar-refractivity contribution in [1.82, 2.24) is 0 Å². The minimum Gasteiger partial charge on any atom is -0.293 e. The predicted octanol–water partition coefficient (Wildman–Crippen LogP) is 8.79. The van der Waals surface area contributed by atoms with Gasteiger partial charge >= 0.3 is 0 Å². The van der Waals surface area contributed by atoms with Crippen molar-refractivity contribution < 1.29 is 9.36 Å². The van der Waals surface area contributed by atoms with E-state index in [0.29, 0.717) is 12.3 Å². The van der Waals surface area contributed by atoms with Gasteiger partial charge in [-0.1, -0.05) is 96.3 Å². The molecule has 0 bridgehead atoms. The summed E-state index contributed by atoms with van der Waals surface area (Å²) in [5.41, 5.74) is 3.98. The summed E-state index contributed by atoms with van der Waals surface area (Å²) in [6, 6.07) is 4.14. The molecule has 0 N–H and O–H groups in total. The van der Waals surface area contributed by atoms with Crippen LogP contribution in [-0.4, -0.2) is 10.9 Å². The molecule has 0 fully saturated rings. The lowest BCUT2D eigenvalue weighted by Crippen LogP contribution is -2.35. The molecule has 0 amide bonds. The minimum absolute atomic E-state index is 0.0159. The predicted molar refractivity (Wildman–Crippen MR) is 127 cm³/mol. The van der Waals surface area contributed by atoms with Crippen LogP contribution in [0.25, 0.3) is 0 Å². The van der Waals surface area contributed by atoms with Crippen LogP contribution in [0, 0.1) is 26.7 Å². The Hall–Kier alpha value is -1.01. The average molecular weight is 419 g/mol. The molecule has 0 spiro atoms. The molecule has 0 aromatic heterocycles. The topological polar surface area (TPSA) is 34.1 Å². The number of rotatable bonds is 15. The number of hydrogen-bond acceptors (Lipinski definition) is 2. The van der Waals surface area contributed by atoms with Crippen LogP contribution in [0.1, 0.15) is 118 Å². The third-order valence-corrected chi connectivity index (χ3v) is 6.90. The second-order valence-corrected chi connectivity index (χ2v) is 10.4. The van der Waals surface area contributed by atoms with E-state index in [0.717, 1.165) is 36.0 Å². The molecule has 0 heterocycles. The molecule has 0 radical (unpaired) electrons. The molecule has 0 saturated heterocycles. The van der Waals surface area contributed by atoms with E-state index in [1.807, 2.05) is 13.8 Å². The molecule has 0 aliphatic heterocycles. The standard InChI is InChI=1S/C26H43O2P/c1-7-8-9-10-11-12-13-14-15-16-26(29-28,19-20(2)3)25(27)24-22(5)17-21(4)18-23(24)6/h17-18,20H,7-16,19H2,1-6H3. The van der Waals surface area contributed by atoms with Crippen LogP contribution in [0.3, 0.4) is 0 Å². The number of unbranched alkanes of at least 4 members (excludes halogenated alkanes) is 8. The number of ketones is 1. The summed E-state index contributed by atoms with van der Waals surface area (Å²) in [5.74, 6) is 0.419. The van der Waals surface area contributed by atoms with E-state index in [2.05, 4.69) is 39.8 Å². The largest absolute Gasteiger partial charge is 0.293 e. The van der Waals surface area contributed by atoms with E-state index in [1.165, 1.54) is 50.5 Å². The number of benzene rings is 1. The number of Topliss-reactive ketones (excluding diaryl/α,β-unsaturated/α-hetero) is 1. The fourth-order valence-electron chi connectivity index (χ4n) is 4.61. The van der Waals surface area contributed by atoms with E-state index in [-0.39, 0.29) is 14.2 Å². The summed E-state index contributed by atoms with van der Waals surface area (Å²) < 4.78 is 12.4. The van der Waals surface area contributed by atoms with Crippen LogP contribution in [0.2, 0.25) is 0 Å². The number of carbonyl (C=O) groups is 1. The molecule has 0 saturated carbocycles. The van der Waals surface area contributed by atoms with Crippen molar-refractivity contribution in [2.45, 2.75) is 117 Å². The highest BCUT2D eigenvalue weighted by Gasteiger charge is 2.41. The summed E-state index contributed by atoms with van der Waals surface area (Å²) in [7, 11) is -0.0159. The molecule has 1 atom stereocenters. The Morgan fingerprint density at radius 3 is 1.83 bits per heavy atom. The summed E-state index contributed by atoms with van der Waals surface area (Å²) in [6.07, 6.45) is 12.7. The van der Waals surface area contributed by atoms with Crippen LogP contribution in [-0.2, 0) is 4.57 Å². The maximum Gasteiger partial charge on any atom is 0.181 e. The van der Waals surface area contributed by atoms with Gasteiger partial charge in [0.15, 0.2) is 14.2 Å². The van der Waals surface area contributed by atoms with E-state index in [1.54, 1.807) is 0 Å². The third kappa shape index (κ3) is 8.33. The van der Waals surface area contributed by atoms with Gasteiger partial charge in [0.2, 0.25) is 0 Å². The summed E-state index contributed by atoms with van der Waals surface area (Å²) in [4.78, 5) is 13.6. The Kier molecular flexibility index (Phi) is 12.0. The van der Waals surface area contributed by atoms with E-state index >= 15 is 0 Å². The molecule has 2 nitrogen and oxygen atoms in total. The third-order valence-electron chi connectivity index (χ3n) is 5.94. The molecular formula is C26H43O2P. The highest BCUT2D eigenvalue weighted by Crippen LogP contribution is 2.40. The highest BCUT2D eigenvalue weighted by molar-refractivity contribution is 7.28. The summed E-state index contributed by atoms with van der Waals surface area (Å²) in [6.45, 7) is 12.6. The Bertz CT molecular complexity index is 627. The fourth-order valence-corrected chi connectivity index (χ4v) is 5.49. The quantitative estimate of drug-likeness (QED) is 0.162. The van der Waals surface area contributed by atoms with Crippen molar-refractivity contribution in [3.05, 3.63) is 34.4 Å². The first-order valence-corrected chi connectivity index (χ1v) is 12.6. The average Bonchev–Trinajstić information content (AvgIpc) is 2.64. The lowest BCUT2D eigenvalue weighted by Gasteiger charge is -2.29. The Labute approximate surface area is 181 Å². The maximum absolute atomic E-state index is 13.6. The zero-order valence-corrected chi connectivity index (χ0v) is 20.7. The zero-order chi connectivity index (χ0) is 21.9. The first kappa shape index (κ1) is 26.0. The first-order valence-electron chi connectivity index (χ1n) is 11.7. The van der Waals surface area contributed by atoms with E-state index in [9.17, 15) is 9.36 Å². The molecule has 0 aliphatic rings. The van der Waals surface area contributed by atoms with E-state index < -0.39 is 5.16 Å². The lowest BCUT2D eigenvalue weighted by molar-refractivity contribution is 0.0916. The maximum atomic E-state index is 13.6.